The summed E-state index contributed by atoms with van der Waals surface area (Å²) in [5.41, 5.74) is 0.136. The highest BCUT2D eigenvalue weighted by atomic mass is 79.9. The number of esters is 1. The van der Waals surface area contributed by atoms with Crippen molar-refractivity contribution in [2.45, 2.75) is 0 Å². The van der Waals surface area contributed by atoms with Gasteiger partial charge in [0.2, 0.25) is 0 Å². The average molecular weight is 289 g/mol. The van der Waals surface area contributed by atoms with Gasteiger partial charge in [-0.2, -0.15) is 0 Å². The number of hydrogen-bond acceptors (Lipinski definition) is 4. The largest absolute Gasteiger partial charge is 0.481 e. The van der Waals surface area contributed by atoms with Crippen LogP contribution in [0.1, 0.15) is 10.4 Å². The minimum absolute atomic E-state index is 0.136. The fourth-order valence-corrected chi connectivity index (χ4v) is 1.44. The topological polar surface area (TPSA) is 72.8 Å². The molecule has 86 valence electrons. The van der Waals surface area contributed by atoms with E-state index in [4.69, 9.17) is 9.84 Å². The van der Waals surface area contributed by atoms with Crippen LogP contribution < -0.4 is 4.74 Å². The van der Waals surface area contributed by atoms with Crippen molar-refractivity contribution in [2.75, 3.05) is 13.7 Å². The van der Waals surface area contributed by atoms with Crippen LogP contribution in [0, 0.1) is 0 Å². The Kier molecular flexibility index (Phi) is 4.30. The maximum atomic E-state index is 10.8. The normalized spacial score (nSPS) is 9.62. The molecule has 0 heterocycles. The molecule has 1 N–H and O–H groups in total. The molecule has 1 aromatic carbocycles. The number of aromatic carboxylic acids is 1. The van der Waals surface area contributed by atoms with Crippen LogP contribution in [0.15, 0.2) is 22.7 Å². The first-order chi connectivity index (χ1) is 7.54. The average Bonchev–Trinajstić information content (AvgIpc) is 2.26. The van der Waals surface area contributed by atoms with Gasteiger partial charge in [0.15, 0.2) is 6.61 Å². The molecule has 0 aromatic heterocycles. The molecule has 1 aromatic rings. The summed E-state index contributed by atoms with van der Waals surface area (Å²) in [6.07, 6.45) is 0. The van der Waals surface area contributed by atoms with Crippen molar-refractivity contribution in [1.82, 2.24) is 0 Å². The number of halogens is 1. The monoisotopic (exact) mass is 288 g/mol. The predicted molar refractivity (Wildman–Crippen MR) is 58.6 cm³/mol. The second kappa shape index (κ2) is 5.50. The van der Waals surface area contributed by atoms with E-state index in [2.05, 4.69) is 20.7 Å². The van der Waals surface area contributed by atoms with Crippen LogP contribution in [0.3, 0.4) is 0 Å². The van der Waals surface area contributed by atoms with Gasteiger partial charge in [-0.15, -0.1) is 0 Å². The summed E-state index contributed by atoms with van der Waals surface area (Å²) in [7, 11) is 1.26. The summed E-state index contributed by atoms with van der Waals surface area (Å²) in [6.45, 7) is -0.221. The lowest BCUT2D eigenvalue weighted by Crippen LogP contribution is -2.12. The zero-order valence-electron chi connectivity index (χ0n) is 8.40. The lowest BCUT2D eigenvalue weighted by molar-refractivity contribution is -0.142. The molecule has 0 radical (unpaired) electrons. The van der Waals surface area contributed by atoms with E-state index < -0.39 is 11.9 Å². The third-order valence-corrected chi connectivity index (χ3v) is 2.37. The van der Waals surface area contributed by atoms with E-state index in [0.717, 1.165) is 0 Å². The van der Waals surface area contributed by atoms with Gasteiger partial charge in [0, 0.05) is 0 Å². The summed E-state index contributed by atoms with van der Waals surface area (Å²) in [6, 6.07) is 4.26. The quantitative estimate of drug-likeness (QED) is 0.854. The van der Waals surface area contributed by atoms with Crippen LogP contribution in [0.2, 0.25) is 0 Å². The fourth-order valence-electron chi connectivity index (χ4n) is 0.947. The molecule has 0 spiro atoms. The van der Waals surface area contributed by atoms with E-state index >= 15 is 0 Å². The van der Waals surface area contributed by atoms with Gasteiger partial charge in [-0.1, -0.05) is 0 Å². The molecule has 0 fully saturated rings. The highest BCUT2D eigenvalue weighted by Crippen LogP contribution is 2.25. The molecule has 0 bridgehead atoms. The Morgan fingerprint density at radius 2 is 2.12 bits per heavy atom. The number of ether oxygens (including phenoxy) is 2. The van der Waals surface area contributed by atoms with Crippen molar-refractivity contribution in [3.8, 4) is 5.75 Å². The molecule has 0 unspecified atom stereocenters. The van der Waals surface area contributed by atoms with Crippen LogP contribution in [-0.2, 0) is 9.53 Å². The molecule has 5 nitrogen and oxygen atoms in total. The summed E-state index contributed by atoms with van der Waals surface area (Å²) in [5, 5.41) is 8.72. The summed E-state index contributed by atoms with van der Waals surface area (Å²) < 4.78 is 9.98. The van der Waals surface area contributed by atoms with Gasteiger partial charge in [0.1, 0.15) is 5.75 Å². The summed E-state index contributed by atoms with van der Waals surface area (Å²) in [5.74, 6) is -1.15. The molecule has 0 saturated carbocycles. The van der Waals surface area contributed by atoms with Crippen LogP contribution in [0.5, 0.6) is 5.75 Å². The fraction of sp³-hybridized carbons (Fsp3) is 0.200. The molecule has 16 heavy (non-hydrogen) atoms. The molecule has 0 aliphatic rings. The first-order valence-corrected chi connectivity index (χ1v) is 5.06. The van der Waals surface area contributed by atoms with E-state index in [0.29, 0.717) is 10.2 Å². The van der Waals surface area contributed by atoms with Gasteiger partial charge in [0.05, 0.1) is 17.1 Å². The van der Waals surface area contributed by atoms with Gasteiger partial charge in [-0.05, 0) is 34.1 Å². The number of methoxy groups -OCH3 is 1. The number of hydrogen-bond donors (Lipinski definition) is 1. The Hall–Kier alpha value is -1.56. The van der Waals surface area contributed by atoms with Gasteiger partial charge >= 0.3 is 11.9 Å². The Morgan fingerprint density at radius 1 is 1.44 bits per heavy atom. The van der Waals surface area contributed by atoms with Crippen LogP contribution >= 0.6 is 15.9 Å². The van der Waals surface area contributed by atoms with E-state index in [9.17, 15) is 9.59 Å². The summed E-state index contributed by atoms with van der Waals surface area (Å²) in [4.78, 5) is 21.5. The Labute approximate surface area is 100 Å². The Bertz CT molecular complexity index is 416. The number of carboxylic acid groups (broad SMARTS) is 1. The predicted octanol–water partition coefficient (Wildman–Crippen LogP) is 1.70. The number of carbonyl (C=O) groups is 2. The molecule has 0 saturated heterocycles. The van der Waals surface area contributed by atoms with Crippen molar-refractivity contribution < 1.29 is 24.2 Å². The minimum atomic E-state index is -1.03. The third-order valence-electron chi connectivity index (χ3n) is 1.75. The van der Waals surface area contributed by atoms with Crippen LogP contribution in [-0.4, -0.2) is 30.8 Å². The maximum absolute atomic E-state index is 10.8. The Morgan fingerprint density at radius 3 is 2.62 bits per heavy atom. The van der Waals surface area contributed by atoms with E-state index in [1.165, 1.54) is 25.3 Å². The van der Waals surface area contributed by atoms with Crippen molar-refractivity contribution in [1.29, 1.82) is 0 Å². The molecule has 0 aliphatic heterocycles. The number of carbonyl (C=O) groups excluding carboxylic acids is 1. The highest BCUT2D eigenvalue weighted by molar-refractivity contribution is 9.10. The lowest BCUT2D eigenvalue weighted by Gasteiger charge is -2.07. The van der Waals surface area contributed by atoms with Crippen molar-refractivity contribution in [3.05, 3.63) is 28.2 Å². The number of rotatable bonds is 4. The van der Waals surface area contributed by atoms with Crippen LogP contribution in [0.4, 0.5) is 0 Å². The van der Waals surface area contributed by atoms with Crippen molar-refractivity contribution in [3.63, 3.8) is 0 Å². The molecule has 1 rings (SSSR count). The van der Waals surface area contributed by atoms with Gasteiger partial charge in [-0.3, -0.25) is 0 Å². The Balaban J connectivity index is 2.75. The second-order valence-corrected chi connectivity index (χ2v) is 3.67. The molecular formula is C10H9BrO5. The van der Waals surface area contributed by atoms with E-state index in [1.54, 1.807) is 0 Å². The molecule has 6 heteroatoms. The van der Waals surface area contributed by atoms with Crippen molar-refractivity contribution >= 4 is 27.9 Å². The summed E-state index contributed by atoms with van der Waals surface area (Å²) >= 11 is 3.15. The first-order valence-electron chi connectivity index (χ1n) is 4.27. The smallest absolute Gasteiger partial charge is 0.343 e. The molecular weight excluding hydrogens is 280 g/mol. The van der Waals surface area contributed by atoms with Gasteiger partial charge in [-0.25, -0.2) is 9.59 Å². The first kappa shape index (κ1) is 12.5. The molecule has 0 aliphatic carbocycles. The van der Waals surface area contributed by atoms with Gasteiger partial charge < -0.3 is 14.6 Å². The number of carboxylic acids is 1. The van der Waals surface area contributed by atoms with Crippen molar-refractivity contribution in [2.24, 2.45) is 0 Å². The number of benzene rings is 1. The molecule has 0 atom stereocenters. The van der Waals surface area contributed by atoms with Crippen LogP contribution in [0.25, 0.3) is 0 Å². The third kappa shape index (κ3) is 3.23. The molecule has 0 amide bonds. The zero-order valence-corrected chi connectivity index (χ0v) is 9.98. The lowest BCUT2D eigenvalue weighted by atomic mass is 10.2. The maximum Gasteiger partial charge on any atom is 0.343 e. The van der Waals surface area contributed by atoms with E-state index in [1.807, 2.05) is 0 Å². The zero-order chi connectivity index (χ0) is 12.1. The van der Waals surface area contributed by atoms with Gasteiger partial charge in [0.25, 0.3) is 0 Å². The highest BCUT2D eigenvalue weighted by Gasteiger charge is 2.09. The standard InChI is InChI=1S/C10H9BrO5/c1-15-9(12)5-16-8-3-2-6(10(13)14)4-7(8)11/h2-4H,5H2,1H3,(H,13,14). The van der Waals surface area contributed by atoms with E-state index in [-0.39, 0.29) is 12.2 Å². The SMILES string of the molecule is COC(=O)COc1ccc(C(=O)O)cc1Br. The minimum Gasteiger partial charge on any atom is -0.481 e. The second-order valence-electron chi connectivity index (χ2n) is 2.82.